The van der Waals surface area contributed by atoms with E-state index in [1.807, 2.05) is 0 Å². The van der Waals surface area contributed by atoms with Gasteiger partial charge in [-0.05, 0) is 56.6 Å². The lowest BCUT2D eigenvalue weighted by atomic mass is 10.1. The van der Waals surface area contributed by atoms with Gasteiger partial charge in [-0.15, -0.1) is 11.3 Å². The number of sulfonamides is 2. The van der Waals surface area contributed by atoms with Crippen LogP contribution in [0.15, 0.2) is 29.3 Å². The van der Waals surface area contributed by atoms with Crippen LogP contribution in [0.2, 0.25) is 5.02 Å². The van der Waals surface area contributed by atoms with Crippen molar-refractivity contribution in [3.05, 3.63) is 44.9 Å². The van der Waals surface area contributed by atoms with Crippen molar-refractivity contribution < 1.29 is 21.6 Å². The summed E-state index contributed by atoms with van der Waals surface area (Å²) in [5.41, 5.74) is 1.46. The molecule has 42 heavy (non-hydrogen) atoms. The zero-order valence-electron chi connectivity index (χ0n) is 23.5. The number of aromatic amines is 1. The van der Waals surface area contributed by atoms with E-state index in [1.165, 1.54) is 32.6 Å². The summed E-state index contributed by atoms with van der Waals surface area (Å²) in [6.45, 7) is 3.96. The average Bonchev–Trinajstić information content (AvgIpc) is 3.60. The standard InChI is InChI=1S/C27H35ClN6O5S3/c1-41(36,37)32-12-8-23-24(18-32)40-26(30-23)27(35)34-14-13-33(17-21(34)7-11-31-9-3-2-4-10-31)42(38,39)25-16-19-15-20(28)5-6-22(19)29-25/h5-6,15-16,21,29H,2-4,7-14,17-18H2,1H3. The molecule has 1 amide bonds. The Morgan fingerprint density at radius 1 is 1.05 bits per heavy atom. The van der Waals surface area contributed by atoms with Crippen LogP contribution in [0, 0.1) is 0 Å². The molecule has 3 aliphatic heterocycles. The molecule has 15 heteroatoms. The first-order chi connectivity index (χ1) is 20.0. The number of halogens is 1. The fraction of sp³-hybridized carbons (Fsp3) is 0.556. The third-order valence-electron chi connectivity index (χ3n) is 8.46. The summed E-state index contributed by atoms with van der Waals surface area (Å²) in [5, 5.41) is 1.70. The summed E-state index contributed by atoms with van der Waals surface area (Å²) in [4.78, 5) is 26.5. The van der Waals surface area contributed by atoms with Crippen LogP contribution in [0.3, 0.4) is 0 Å². The number of nitrogens with one attached hydrogen (secondary N) is 1. The largest absolute Gasteiger partial charge is 0.345 e. The first kappa shape index (κ1) is 30.0. The van der Waals surface area contributed by atoms with Crippen LogP contribution in [0.5, 0.6) is 0 Å². The molecule has 0 radical (unpaired) electrons. The van der Waals surface area contributed by atoms with Crippen LogP contribution < -0.4 is 0 Å². The highest BCUT2D eigenvalue weighted by atomic mass is 35.5. The van der Waals surface area contributed by atoms with Crippen molar-refractivity contribution in [1.82, 2.24) is 28.4 Å². The Hall–Kier alpha value is -2.07. The molecule has 3 aliphatic rings. The van der Waals surface area contributed by atoms with Gasteiger partial charge in [0.25, 0.3) is 15.9 Å². The Kier molecular flexibility index (Phi) is 8.41. The number of carbonyl (C=O) groups excluding carboxylic acids is 1. The van der Waals surface area contributed by atoms with Gasteiger partial charge in [0.05, 0.1) is 11.9 Å². The molecule has 1 atom stereocenters. The molecule has 2 saturated heterocycles. The number of H-pyrrole nitrogens is 1. The molecule has 1 N–H and O–H groups in total. The second-order valence-electron chi connectivity index (χ2n) is 11.3. The van der Waals surface area contributed by atoms with E-state index in [4.69, 9.17) is 11.6 Å². The number of amides is 1. The monoisotopic (exact) mass is 654 g/mol. The molecule has 0 saturated carbocycles. The van der Waals surface area contributed by atoms with Gasteiger partial charge in [0.1, 0.15) is 5.03 Å². The number of hydrogen-bond acceptors (Lipinski definition) is 8. The van der Waals surface area contributed by atoms with Crippen molar-refractivity contribution >= 4 is 59.8 Å². The van der Waals surface area contributed by atoms with E-state index in [0.29, 0.717) is 34.9 Å². The number of carbonyl (C=O) groups is 1. The Labute approximate surface area is 255 Å². The average molecular weight is 655 g/mol. The second-order valence-corrected chi connectivity index (χ2v) is 16.7. The number of benzene rings is 1. The molecule has 228 valence electrons. The van der Waals surface area contributed by atoms with Crippen molar-refractivity contribution in [2.24, 2.45) is 0 Å². The zero-order valence-corrected chi connectivity index (χ0v) is 26.7. The first-order valence-corrected chi connectivity index (χ1v) is 18.7. The molecule has 6 rings (SSSR count). The van der Waals surface area contributed by atoms with Gasteiger partial charge in [-0.1, -0.05) is 18.0 Å². The molecule has 11 nitrogen and oxygen atoms in total. The van der Waals surface area contributed by atoms with E-state index in [-0.39, 0.29) is 43.2 Å². The number of likely N-dealkylation sites (tertiary alicyclic amines) is 1. The van der Waals surface area contributed by atoms with Gasteiger partial charge in [0, 0.05) is 72.5 Å². The first-order valence-electron chi connectivity index (χ1n) is 14.2. The van der Waals surface area contributed by atoms with Gasteiger partial charge in [-0.2, -0.15) is 8.61 Å². The smallest absolute Gasteiger partial charge is 0.283 e. The number of piperidine rings is 1. The predicted molar refractivity (Wildman–Crippen MR) is 163 cm³/mol. The molecule has 1 aromatic carbocycles. The third kappa shape index (κ3) is 6.12. The second kappa shape index (κ2) is 11.8. The summed E-state index contributed by atoms with van der Waals surface area (Å²) >= 11 is 7.36. The van der Waals surface area contributed by atoms with Gasteiger partial charge >= 0.3 is 0 Å². The molecule has 3 aromatic rings. The fourth-order valence-corrected chi connectivity index (χ4v) is 9.71. The van der Waals surface area contributed by atoms with Crippen LogP contribution in [0.1, 0.15) is 46.1 Å². The summed E-state index contributed by atoms with van der Waals surface area (Å²) in [7, 11) is -7.18. The highest BCUT2D eigenvalue weighted by Gasteiger charge is 2.39. The summed E-state index contributed by atoms with van der Waals surface area (Å²) < 4.78 is 54.6. The Balaban J connectivity index is 1.23. The van der Waals surface area contributed by atoms with Gasteiger partial charge in [-0.25, -0.2) is 21.8 Å². The number of nitrogens with zero attached hydrogens (tertiary/aromatic N) is 5. The molecule has 2 aromatic heterocycles. The van der Waals surface area contributed by atoms with E-state index in [1.54, 1.807) is 29.2 Å². The molecule has 0 bridgehead atoms. The molecule has 2 fully saturated rings. The van der Waals surface area contributed by atoms with Crippen molar-refractivity contribution in [1.29, 1.82) is 0 Å². The van der Waals surface area contributed by atoms with Crippen LogP contribution >= 0.6 is 22.9 Å². The predicted octanol–water partition coefficient (Wildman–Crippen LogP) is 2.99. The van der Waals surface area contributed by atoms with Crippen LogP contribution in [0.25, 0.3) is 10.9 Å². The quantitative estimate of drug-likeness (QED) is 0.415. The van der Waals surface area contributed by atoms with Crippen molar-refractivity contribution in [2.75, 3.05) is 52.1 Å². The van der Waals surface area contributed by atoms with Gasteiger partial charge in [0.2, 0.25) is 10.0 Å². The molecule has 0 spiro atoms. The van der Waals surface area contributed by atoms with Gasteiger partial charge in [0.15, 0.2) is 5.01 Å². The Morgan fingerprint density at radius 3 is 2.60 bits per heavy atom. The molecule has 0 aliphatic carbocycles. The molecular formula is C27H35ClN6O5S3. The maximum Gasteiger partial charge on any atom is 0.283 e. The minimum absolute atomic E-state index is 0.109. The number of aromatic nitrogens is 2. The highest BCUT2D eigenvalue weighted by Crippen LogP contribution is 2.30. The normalized spacial score (nSPS) is 21.6. The van der Waals surface area contributed by atoms with E-state index in [9.17, 15) is 21.6 Å². The molecule has 1 unspecified atom stereocenters. The zero-order chi connectivity index (χ0) is 29.6. The van der Waals surface area contributed by atoms with Crippen LogP contribution in [-0.2, 0) is 33.0 Å². The summed E-state index contributed by atoms with van der Waals surface area (Å²) in [6.07, 6.45) is 5.81. The number of rotatable bonds is 7. The number of fused-ring (bicyclic) bond motifs is 2. The summed E-state index contributed by atoms with van der Waals surface area (Å²) in [5.74, 6) is -0.221. The van der Waals surface area contributed by atoms with Crippen LogP contribution in [0.4, 0.5) is 0 Å². The van der Waals surface area contributed by atoms with Crippen LogP contribution in [-0.4, -0.2) is 109 Å². The lowest BCUT2D eigenvalue weighted by Crippen LogP contribution is -2.57. The number of piperazine rings is 1. The van der Waals surface area contributed by atoms with E-state index in [0.717, 1.165) is 48.4 Å². The van der Waals surface area contributed by atoms with E-state index < -0.39 is 20.0 Å². The highest BCUT2D eigenvalue weighted by molar-refractivity contribution is 7.89. The lowest BCUT2D eigenvalue weighted by Gasteiger charge is -2.41. The molecule has 5 heterocycles. The SMILES string of the molecule is CS(=O)(=O)N1CCc2nc(C(=O)N3CCN(S(=O)(=O)c4cc5cc(Cl)ccc5[nH]4)CC3CCN3CCCCC3)sc2C1. The Morgan fingerprint density at radius 2 is 1.83 bits per heavy atom. The fourth-order valence-electron chi connectivity index (χ4n) is 6.10. The number of hydrogen-bond donors (Lipinski definition) is 1. The van der Waals surface area contributed by atoms with E-state index in [2.05, 4.69) is 14.9 Å². The van der Waals surface area contributed by atoms with Gasteiger partial charge in [-0.3, -0.25) is 4.79 Å². The van der Waals surface area contributed by atoms with Crippen molar-refractivity contribution in [3.63, 3.8) is 0 Å². The molecular weight excluding hydrogens is 620 g/mol. The summed E-state index contributed by atoms with van der Waals surface area (Å²) in [6, 6.07) is 6.49. The minimum atomic E-state index is -3.84. The van der Waals surface area contributed by atoms with Gasteiger partial charge < -0.3 is 14.8 Å². The van der Waals surface area contributed by atoms with Crippen molar-refractivity contribution in [2.45, 2.75) is 49.7 Å². The number of thiazole rings is 1. The topological polar surface area (TPSA) is 127 Å². The van der Waals surface area contributed by atoms with E-state index >= 15 is 0 Å². The third-order valence-corrected chi connectivity index (χ3v) is 12.8. The maximum atomic E-state index is 13.9. The maximum absolute atomic E-state index is 13.9. The lowest BCUT2D eigenvalue weighted by molar-refractivity contribution is 0.0525. The van der Waals surface area contributed by atoms with Crippen molar-refractivity contribution in [3.8, 4) is 0 Å². The Bertz CT molecular complexity index is 1700. The minimum Gasteiger partial charge on any atom is -0.345 e.